The summed E-state index contributed by atoms with van der Waals surface area (Å²) in [7, 11) is 1.37. The first-order valence-electron chi connectivity index (χ1n) is 16.4. The Labute approximate surface area is 279 Å². The summed E-state index contributed by atoms with van der Waals surface area (Å²) >= 11 is 0. The molecule has 0 aromatic carbocycles. The van der Waals surface area contributed by atoms with E-state index in [2.05, 4.69) is 0 Å². The van der Waals surface area contributed by atoms with Crippen molar-refractivity contribution in [3.05, 3.63) is 35.1 Å². The van der Waals surface area contributed by atoms with Gasteiger partial charge in [0.2, 0.25) is 0 Å². The molecule has 1 saturated heterocycles. The first-order chi connectivity index (χ1) is 22.5. The van der Waals surface area contributed by atoms with Crippen LogP contribution in [0.4, 0.5) is 0 Å². The van der Waals surface area contributed by atoms with Gasteiger partial charge in [-0.3, -0.25) is 4.79 Å². The van der Waals surface area contributed by atoms with Gasteiger partial charge in [-0.05, 0) is 38.2 Å². The highest BCUT2D eigenvalue weighted by Gasteiger charge is 2.78. The van der Waals surface area contributed by atoms with Crippen LogP contribution in [0.3, 0.4) is 0 Å². The van der Waals surface area contributed by atoms with Crippen LogP contribution in [0.15, 0.2) is 35.1 Å². The summed E-state index contributed by atoms with van der Waals surface area (Å²) in [5, 5.41) is 43.3. The van der Waals surface area contributed by atoms with Crippen LogP contribution in [0.1, 0.15) is 67.2 Å². The van der Waals surface area contributed by atoms with Crippen molar-refractivity contribution < 1.29 is 63.3 Å². The second-order valence-electron chi connectivity index (χ2n) is 14.8. The molecule has 0 bridgehead atoms. The number of esters is 3. The van der Waals surface area contributed by atoms with E-state index in [1.165, 1.54) is 26.4 Å². The van der Waals surface area contributed by atoms with Gasteiger partial charge < -0.3 is 44.1 Å². The zero-order valence-electron chi connectivity index (χ0n) is 28.6. The van der Waals surface area contributed by atoms with Gasteiger partial charge in [-0.25, -0.2) is 14.4 Å². The first-order valence-corrected chi connectivity index (χ1v) is 16.4. The van der Waals surface area contributed by atoms with E-state index in [1.807, 2.05) is 20.8 Å². The molecule has 48 heavy (non-hydrogen) atoms. The summed E-state index contributed by atoms with van der Waals surface area (Å²) < 4.78 is 29.6. The average molecular weight is 677 g/mol. The summed E-state index contributed by atoms with van der Waals surface area (Å²) in [5.41, 5.74) is -2.99. The Hall–Kier alpha value is -3.26. The summed E-state index contributed by atoms with van der Waals surface area (Å²) in [6.45, 7) is 9.95. The number of rotatable bonds is 9. The Balaban J connectivity index is 1.68. The van der Waals surface area contributed by atoms with Gasteiger partial charge in [0, 0.05) is 59.2 Å². The molecule has 0 amide bonds. The topological polar surface area (TPSA) is 195 Å². The van der Waals surface area contributed by atoms with Gasteiger partial charge in [0.1, 0.15) is 18.3 Å². The molecule has 2 heterocycles. The molecular formula is C35H48O13. The highest BCUT2D eigenvalue weighted by Crippen LogP contribution is 2.74. The summed E-state index contributed by atoms with van der Waals surface area (Å²) in [6.07, 6.45) is -1.77. The van der Waals surface area contributed by atoms with Crippen molar-refractivity contribution in [1.29, 1.82) is 0 Å². The molecule has 3 saturated carbocycles. The highest BCUT2D eigenvalue weighted by atomic mass is 16.6. The summed E-state index contributed by atoms with van der Waals surface area (Å²) in [5.74, 6) is -4.31. The zero-order chi connectivity index (χ0) is 35.6. The van der Waals surface area contributed by atoms with E-state index in [9.17, 15) is 39.6 Å². The number of hydrogen-bond acceptors (Lipinski definition) is 12. The third-order valence-corrected chi connectivity index (χ3v) is 12.5. The zero-order valence-corrected chi connectivity index (χ0v) is 28.6. The molecule has 0 unspecified atom stereocenters. The van der Waals surface area contributed by atoms with Crippen molar-refractivity contribution in [2.24, 2.45) is 33.5 Å². The number of carboxylic acid groups (broad SMARTS) is 1. The number of aliphatic hydroxyl groups is 3. The number of fused-ring (bicyclic) bond motifs is 4. The van der Waals surface area contributed by atoms with Gasteiger partial charge in [0.15, 0.2) is 6.10 Å². The second kappa shape index (κ2) is 12.6. The van der Waals surface area contributed by atoms with E-state index in [1.54, 1.807) is 19.9 Å². The number of carboxylic acids is 1. The van der Waals surface area contributed by atoms with Crippen LogP contribution in [0, 0.1) is 33.5 Å². The number of aliphatic carboxylic acids is 1. The maximum atomic E-state index is 13.4. The van der Waals surface area contributed by atoms with Crippen LogP contribution in [-0.2, 0) is 42.9 Å². The number of methoxy groups -OCH3 is 1. The monoisotopic (exact) mass is 676 g/mol. The smallest absolute Gasteiger partial charge is 0.333 e. The van der Waals surface area contributed by atoms with Gasteiger partial charge in [-0.2, -0.15) is 0 Å². The Kier molecular flexibility index (Phi) is 9.43. The van der Waals surface area contributed by atoms with Crippen LogP contribution >= 0.6 is 0 Å². The quantitative estimate of drug-likeness (QED) is 0.120. The molecule has 3 aliphatic carbocycles. The highest BCUT2D eigenvalue weighted by molar-refractivity contribution is 5.88. The second-order valence-corrected chi connectivity index (χ2v) is 14.8. The van der Waals surface area contributed by atoms with Crippen molar-refractivity contribution >= 4 is 23.9 Å². The fourth-order valence-corrected chi connectivity index (χ4v) is 10.3. The molecule has 13 heteroatoms. The predicted octanol–water partition coefficient (Wildman–Crippen LogP) is 2.21. The van der Waals surface area contributed by atoms with Gasteiger partial charge in [0.05, 0.1) is 44.2 Å². The van der Waals surface area contributed by atoms with Crippen LogP contribution < -0.4 is 0 Å². The Morgan fingerprint density at radius 2 is 1.83 bits per heavy atom. The number of cyclic esters (lactones) is 1. The molecule has 2 aliphatic heterocycles. The molecule has 13 nitrogen and oxygen atoms in total. The van der Waals surface area contributed by atoms with E-state index in [0.29, 0.717) is 24.0 Å². The fraction of sp³-hybridized carbons (Fsp3) is 0.714. The van der Waals surface area contributed by atoms with Crippen LogP contribution in [-0.4, -0.2) is 101 Å². The molecule has 5 rings (SSSR count). The maximum absolute atomic E-state index is 13.4. The number of carbonyl (C=O) groups is 4. The number of aliphatic hydroxyl groups excluding tert-OH is 3. The minimum absolute atomic E-state index is 0.0183. The molecule has 0 aromatic heterocycles. The van der Waals surface area contributed by atoms with E-state index in [0.717, 1.165) is 0 Å². The molecule has 0 aromatic rings. The minimum atomic E-state index is -1.78. The van der Waals surface area contributed by atoms with Gasteiger partial charge in [-0.1, -0.05) is 26.8 Å². The normalized spacial score (nSPS) is 42.7. The number of hydrogen-bond donors (Lipinski definition) is 4. The molecule has 4 N–H and O–H groups in total. The van der Waals surface area contributed by atoms with Gasteiger partial charge in [-0.15, -0.1) is 0 Å². The number of ether oxygens (including phenoxy) is 5. The minimum Gasteiger partial charge on any atom is -0.504 e. The number of carbonyl (C=O) groups excluding carboxylic acids is 3. The first kappa shape index (κ1) is 36.0. The summed E-state index contributed by atoms with van der Waals surface area (Å²) in [6, 6.07) is 0. The largest absolute Gasteiger partial charge is 0.504 e. The molecular weight excluding hydrogens is 628 g/mol. The summed E-state index contributed by atoms with van der Waals surface area (Å²) in [4.78, 5) is 50.7. The van der Waals surface area contributed by atoms with Gasteiger partial charge in [0.25, 0.3) is 0 Å². The average Bonchev–Trinajstić information content (AvgIpc) is 3.44. The molecule has 0 spiro atoms. The predicted molar refractivity (Wildman–Crippen MR) is 167 cm³/mol. The van der Waals surface area contributed by atoms with Crippen molar-refractivity contribution in [2.75, 3.05) is 20.3 Å². The lowest BCUT2D eigenvalue weighted by Gasteiger charge is -2.70. The Morgan fingerprint density at radius 1 is 1.15 bits per heavy atom. The third kappa shape index (κ3) is 5.11. The molecule has 5 aliphatic rings. The fourth-order valence-electron chi connectivity index (χ4n) is 10.3. The maximum Gasteiger partial charge on any atom is 0.333 e. The van der Waals surface area contributed by atoms with E-state index >= 15 is 0 Å². The van der Waals surface area contributed by atoms with Crippen molar-refractivity contribution in [3.63, 3.8) is 0 Å². The molecule has 12 atom stereocenters. The number of allylic oxidation sites excluding steroid dienone is 1. The van der Waals surface area contributed by atoms with Crippen LogP contribution in [0.25, 0.3) is 0 Å². The van der Waals surface area contributed by atoms with Crippen LogP contribution in [0.5, 0.6) is 0 Å². The third-order valence-electron chi connectivity index (χ3n) is 12.5. The Morgan fingerprint density at radius 3 is 2.42 bits per heavy atom. The van der Waals surface area contributed by atoms with Crippen molar-refractivity contribution in [3.8, 4) is 0 Å². The van der Waals surface area contributed by atoms with E-state index < -0.39 is 101 Å². The molecule has 0 radical (unpaired) electrons. The van der Waals surface area contributed by atoms with E-state index in [-0.39, 0.29) is 25.0 Å². The molecule has 4 fully saturated rings. The van der Waals surface area contributed by atoms with Crippen molar-refractivity contribution in [1.82, 2.24) is 0 Å². The Bertz CT molecular complexity index is 1450. The SMILES string of the molecule is C/C=C(\C)C(=O)O[C@H]1C[C@H](OC(C)=O)[C@@]2(CO)CO[C@H]3[C@@H](O)[C@@]4(C)C5=CC(=O)O[C@@H](/C(=C/OC)C[C@@H](O)C(=O)O)[C@]5(C)CC[C@@H]4[C@]1(C)[C@@H]32. The lowest BCUT2D eigenvalue weighted by molar-refractivity contribution is -0.270. The lowest BCUT2D eigenvalue weighted by Crippen LogP contribution is -2.74. The van der Waals surface area contributed by atoms with Gasteiger partial charge >= 0.3 is 23.9 Å². The standard InChI is InChI=1S/C35H48O13/c1-8-17(2)31(43)47-23-13-24(46-18(3)37)35(15-36)16-45-26-27(35)34(23,6)21-9-10-32(4)22(33(21,5)28(26)40)12-25(39)48-29(32)19(14-44-7)11-20(38)30(41)42/h8,12,14,20-21,23-24,26-29,36,38,40H,9-11,13,15-16H2,1-7H3,(H,41,42)/b17-8+,19-14+/t20-,21+,23+,24+,26-,27-,28-,29+,32-,33-,34+,35-/m1/s1. The molecule has 266 valence electrons. The van der Waals surface area contributed by atoms with E-state index in [4.69, 9.17) is 23.7 Å². The van der Waals surface area contributed by atoms with Crippen molar-refractivity contribution in [2.45, 2.75) is 104 Å². The van der Waals surface area contributed by atoms with Crippen LogP contribution in [0.2, 0.25) is 0 Å². The lowest BCUT2D eigenvalue weighted by atomic mass is 9.35.